The third-order valence-electron chi connectivity index (χ3n) is 2.71. The summed E-state index contributed by atoms with van der Waals surface area (Å²) in [6.45, 7) is 0. The minimum absolute atomic E-state index is 0.0179. The fourth-order valence-corrected chi connectivity index (χ4v) is 1.88. The van der Waals surface area contributed by atoms with Crippen LogP contribution in [0.15, 0.2) is 18.2 Å². The number of halogens is 2. The Hall–Kier alpha value is -2.15. The van der Waals surface area contributed by atoms with Crippen LogP contribution in [0.25, 0.3) is 0 Å². The highest BCUT2D eigenvalue weighted by molar-refractivity contribution is 6.31. The number of carboxylic acid groups (broad SMARTS) is 1. The molecule has 1 aromatic rings. The zero-order valence-electron chi connectivity index (χ0n) is 10.9. The first-order valence-corrected chi connectivity index (χ1v) is 6.42. The molecule has 1 aromatic carbocycles. The Morgan fingerprint density at radius 1 is 1.38 bits per heavy atom. The van der Waals surface area contributed by atoms with E-state index in [1.165, 1.54) is 12.1 Å². The number of hydrogen-bond donors (Lipinski definition) is 3. The van der Waals surface area contributed by atoms with Crippen molar-refractivity contribution in [1.82, 2.24) is 5.32 Å². The number of carbonyl (C=O) groups excluding carboxylic acids is 2. The summed E-state index contributed by atoms with van der Waals surface area (Å²) in [5, 5.41) is 11.2. The third-order valence-corrected chi connectivity index (χ3v) is 3.07. The number of rotatable bonds is 7. The Bertz CT molecular complexity index is 545. The molecule has 0 aliphatic rings. The van der Waals surface area contributed by atoms with E-state index < -0.39 is 36.1 Å². The predicted octanol–water partition coefficient (Wildman–Crippen LogP) is 0.856. The maximum atomic E-state index is 13.5. The third kappa shape index (κ3) is 5.39. The van der Waals surface area contributed by atoms with Crippen LogP contribution < -0.4 is 11.1 Å². The molecule has 6 nitrogen and oxygen atoms in total. The summed E-state index contributed by atoms with van der Waals surface area (Å²) < 4.78 is 13.5. The SMILES string of the molecule is NC(=O)CCC(NC(=O)Cc1c(F)cccc1Cl)C(=O)O. The molecule has 8 heteroatoms. The summed E-state index contributed by atoms with van der Waals surface area (Å²) in [5.41, 5.74) is 4.91. The Morgan fingerprint density at radius 2 is 2.05 bits per heavy atom. The van der Waals surface area contributed by atoms with Gasteiger partial charge in [-0.15, -0.1) is 0 Å². The standard InChI is InChI=1S/C13H14ClFN2O4/c14-8-2-1-3-9(15)7(8)6-12(19)17-10(13(20)21)4-5-11(16)18/h1-3,10H,4-6H2,(H2,16,18)(H,17,19)(H,20,21). The molecule has 0 spiro atoms. The zero-order chi connectivity index (χ0) is 16.0. The molecule has 4 N–H and O–H groups in total. The Kier molecular flexibility index (Phi) is 6.10. The van der Waals surface area contributed by atoms with Crippen LogP contribution in [0.1, 0.15) is 18.4 Å². The molecular weight excluding hydrogens is 303 g/mol. The molecule has 0 aromatic heterocycles. The fourth-order valence-electron chi connectivity index (χ4n) is 1.65. The first kappa shape index (κ1) is 16.9. The van der Waals surface area contributed by atoms with Crippen molar-refractivity contribution in [3.05, 3.63) is 34.6 Å². The molecule has 0 aliphatic heterocycles. The molecule has 114 valence electrons. The fraction of sp³-hybridized carbons (Fsp3) is 0.308. The number of carboxylic acids is 1. The van der Waals surface area contributed by atoms with Crippen LogP contribution in [0.2, 0.25) is 5.02 Å². The molecule has 0 aliphatic carbocycles. The smallest absolute Gasteiger partial charge is 0.326 e. The van der Waals surface area contributed by atoms with E-state index in [0.29, 0.717) is 0 Å². The maximum absolute atomic E-state index is 13.5. The lowest BCUT2D eigenvalue weighted by Gasteiger charge is -2.14. The van der Waals surface area contributed by atoms with E-state index in [0.717, 1.165) is 6.07 Å². The molecule has 0 heterocycles. The summed E-state index contributed by atoms with van der Waals surface area (Å²) in [7, 11) is 0. The monoisotopic (exact) mass is 316 g/mol. The molecular formula is C13H14ClFN2O4. The summed E-state index contributed by atoms with van der Waals surface area (Å²) in [5.74, 6) is -3.34. The lowest BCUT2D eigenvalue weighted by atomic mass is 10.1. The number of nitrogens with two attached hydrogens (primary N) is 1. The molecule has 0 bridgehead atoms. The van der Waals surface area contributed by atoms with Gasteiger partial charge in [0.25, 0.3) is 0 Å². The number of hydrogen-bond acceptors (Lipinski definition) is 3. The van der Waals surface area contributed by atoms with Crippen LogP contribution in [-0.2, 0) is 20.8 Å². The van der Waals surface area contributed by atoms with Gasteiger partial charge in [0, 0.05) is 17.0 Å². The van der Waals surface area contributed by atoms with Crippen molar-refractivity contribution < 1.29 is 23.9 Å². The van der Waals surface area contributed by atoms with Gasteiger partial charge in [0.15, 0.2) is 0 Å². The minimum atomic E-state index is -1.30. The quantitative estimate of drug-likeness (QED) is 0.693. The van der Waals surface area contributed by atoms with Gasteiger partial charge < -0.3 is 16.2 Å². The highest BCUT2D eigenvalue weighted by atomic mass is 35.5. The van der Waals surface area contributed by atoms with Crippen LogP contribution in [-0.4, -0.2) is 28.9 Å². The molecule has 2 amide bonds. The second-order valence-corrected chi connectivity index (χ2v) is 4.75. The van der Waals surface area contributed by atoms with Gasteiger partial charge in [0.2, 0.25) is 11.8 Å². The Balaban J connectivity index is 2.70. The van der Waals surface area contributed by atoms with Gasteiger partial charge in [-0.2, -0.15) is 0 Å². The van der Waals surface area contributed by atoms with Gasteiger partial charge in [-0.3, -0.25) is 9.59 Å². The topological polar surface area (TPSA) is 109 Å². The summed E-state index contributed by atoms with van der Waals surface area (Å²) in [6, 6.07) is 2.70. The summed E-state index contributed by atoms with van der Waals surface area (Å²) in [4.78, 5) is 33.4. The van der Waals surface area contributed by atoms with E-state index in [2.05, 4.69) is 5.32 Å². The van der Waals surface area contributed by atoms with Crippen molar-refractivity contribution in [1.29, 1.82) is 0 Å². The van der Waals surface area contributed by atoms with Crippen LogP contribution in [0, 0.1) is 5.82 Å². The van der Waals surface area contributed by atoms with E-state index in [9.17, 15) is 18.8 Å². The van der Waals surface area contributed by atoms with Crippen molar-refractivity contribution in [2.24, 2.45) is 5.73 Å². The minimum Gasteiger partial charge on any atom is -0.480 e. The molecule has 1 rings (SSSR count). The van der Waals surface area contributed by atoms with Gasteiger partial charge in [-0.05, 0) is 18.6 Å². The molecule has 0 fully saturated rings. The van der Waals surface area contributed by atoms with Crippen molar-refractivity contribution in [2.45, 2.75) is 25.3 Å². The second-order valence-electron chi connectivity index (χ2n) is 4.34. The van der Waals surface area contributed by atoms with Crippen molar-refractivity contribution in [3.8, 4) is 0 Å². The summed E-state index contributed by atoms with van der Waals surface area (Å²) in [6.07, 6.45) is -0.717. The second kappa shape index (κ2) is 7.58. The molecule has 0 saturated heterocycles. The van der Waals surface area contributed by atoms with Gasteiger partial charge >= 0.3 is 5.97 Å². The zero-order valence-corrected chi connectivity index (χ0v) is 11.7. The normalized spacial score (nSPS) is 11.7. The number of benzene rings is 1. The Labute approximate surface area is 125 Å². The molecule has 21 heavy (non-hydrogen) atoms. The largest absolute Gasteiger partial charge is 0.480 e. The lowest BCUT2D eigenvalue weighted by molar-refractivity contribution is -0.142. The van der Waals surface area contributed by atoms with Gasteiger partial charge in [-0.1, -0.05) is 17.7 Å². The van der Waals surface area contributed by atoms with Crippen LogP contribution in [0.3, 0.4) is 0 Å². The van der Waals surface area contributed by atoms with E-state index >= 15 is 0 Å². The first-order valence-electron chi connectivity index (χ1n) is 6.04. The molecule has 1 unspecified atom stereocenters. The number of aliphatic carboxylic acids is 1. The lowest BCUT2D eigenvalue weighted by Crippen LogP contribution is -2.42. The number of nitrogens with one attached hydrogen (secondary N) is 1. The van der Waals surface area contributed by atoms with E-state index in [-0.39, 0.29) is 23.4 Å². The van der Waals surface area contributed by atoms with Crippen molar-refractivity contribution >= 4 is 29.4 Å². The van der Waals surface area contributed by atoms with Gasteiger partial charge in [0.1, 0.15) is 11.9 Å². The predicted molar refractivity (Wildman–Crippen MR) is 73.1 cm³/mol. The average Bonchev–Trinajstić information content (AvgIpc) is 2.38. The molecule has 1 atom stereocenters. The summed E-state index contributed by atoms with van der Waals surface area (Å²) >= 11 is 5.78. The molecule has 0 radical (unpaired) electrons. The number of carbonyl (C=O) groups is 3. The van der Waals surface area contributed by atoms with Gasteiger partial charge in [-0.25, -0.2) is 9.18 Å². The van der Waals surface area contributed by atoms with Crippen LogP contribution in [0.5, 0.6) is 0 Å². The highest BCUT2D eigenvalue weighted by Gasteiger charge is 2.21. The van der Waals surface area contributed by atoms with E-state index in [1.807, 2.05) is 0 Å². The Morgan fingerprint density at radius 3 is 2.57 bits per heavy atom. The van der Waals surface area contributed by atoms with E-state index in [1.54, 1.807) is 0 Å². The average molecular weight is 317 g/mol. The van der Waals surface area contributed by atoms with Crippen molar-refractivity contribution in [2.75, 3.05) is 0 Å². The van der Waals surface area contributed by atoms with Gasteiger partial charge in [0.05, 0.1) is 6.42 Å². The first-order chi connectivity index (χ1) is 9.81. The van der Waals surface area contributed by atoms with E-state index in [4.69, 9.17) is 22.4 Å². The number of amides is 2. The van der Waals surface area contributed by atoms with Crippen LogP contribution >= 0.6 is 11.6 Å². The highest BCUT2D eigenvalue weighted by Crippen LogP contribution is 2.19. The maximum Gasteiger partial charge on any atom is 0.326 e. The number of primary amides is 1. The molecule has 0 saturated carbocycles. The van der Waals surface area contributed by atoms with Crippen LogP contribution in [0.4, 0.5) is 4.39 Å². The van der Waals surface area contributed by atoms with Crippen molar-refractivity contribution in [3.63, 3.8) is 0 Å².